The third kappa shape index (κ3) is 3.09. The highest BCUT2D eigenvalue weighted by Crippen LogP contribution is 2.50. The van der Waals surface area contributed by atoms with E-state index in [1.165, 1.54) is 18.5 Å². The minimum Gasteiger partial charge on any atom is -0.437 e. The van der Waals surface area contributed by atoms with E-state index in [2.05, 4.69) is 26.0 Å². The van der Waals surface area contributed by atoms with Crippen molar-refractivity contribution >= 4 is 32.5 Å². The predicted octanol–water partition coefficient (Wildman–Crippen LogP) is 6.09. The first kappa shape index (κ1) is 21.0. The van der Waals surface area contributed by atoms with Crippen molar-refractivity contribution in [1.82, 2.24) is 19.6 Å². The van der Waals surface area contributed by atoms with E-state index in [4.69, 9.17) is 14.1 Å². The molecule has 3 aromatic heterocycles. The molecule has 0 fully saturated rings. The molecule has 9 heteroatoms. The molecule has 1 unspecified atom stereocenters. The highest BCUT2D eigenvalue weighted by molar-refractivity contribution is 9.10. The average molecular weight is 541 g/mol. The second-order valence-corrected chi connectivity index (χ2v) is 9.21. The van der Waals surface area contributed by atoms with Gasteiger partial charge >= 0.3 is 5.63 Å². The molecule has 1 atom stereocenters. The lowest BCUT2D eigenvalue weighted by atomic mass is 9.84. The van der Waals surface area contributed by atoms with E-state index in [0.717, 1.165) is 10.0 Å². The largest absolute Gasteiger partial charge is 0.437 e. The zero-order chi connectivity index (χ0) is 24.4. The van der Waals surface area contributed by atoms with Crippen molar-refractivity contribution < 1.29 is 13.5 Å². The van der Waals surface area contributed by atoms with Gasteiger partial charge in [-0.25, -0.2) is 23.7 Å². The number of fused-ring (bicyclic) bond motifs is 6. The first-order valence-electron chi connectivity index (χ1n) is 11.1. The maximum Gasteiger partial charge on any atom is 0.344 e. The van der Waals surface area contributed by atoms with E-state index in [-0.39, 0.29) is 5.82 Å². The van der Waals surface area contributed by atoms with Gasteiger partial charge in [0.15, 0.2) is 17.2 Å². The Morgan fingerprint density at radius 3 is 2.56 bits per heavy atom. The van der Waals surface area contributed by atoms with Gasteiger partial charge in [0.05, 0.1) is 22.4 Å². The standard InChI is InChI=1S/C27H14BrFN4O3/c28-18-7-3-1-5-16(18)20-21-23(17-6-2-4-8-19(17)35-27(21)34)36-26-22(20)25-31-24(32-33(25)13-30-26)14-9-11-15(29)12-10-14/h1-13,20H. The summed E-state index contributed by atoms with van der Waals surface area (Å²) in [5.74, 6) is 0.184. The molecule has 0 amide bonds. The van der Waals surface area contributed by atoms with Gasteiger partial charge in [0.25, 0.3) is 0 Å². The summed E-state index contributed by atoms with van der Waals surface area (Å²) in [6, 6.07) is 20.8. The van der Waals surface area contributed by atoms with Crippen molar-refractivity contribution in [1.29, 1.82) is 0 Å². The molecule has 0 radical (unpaired) electrons. The number of hydrogen-bond donors (Lipinski definition) is 0. The highest BCUT2D eigenvalue weighted by atomic mass is 79.9. The normalized spacial score (nSPS) is 14.4. The molecule has 3 aromatic carbocycles. The van der Waals surface area contributed by atoms with Gasteiger partial charge in [-0.1, -0.05) is 46.3 Å². The van der Waals surface area contributed by atoms with Crippen LogP contribution in [-0.2, 0) is 0 Å². The van der Waals surface area contributed by atoms with Crippen LogP contribution >= 0.6 is 15.9 Å². The van der Waals surface area contributed by atoms with Gasteiger partial charge in [0.2, 0.25) is 5.88 Å². The molecule has 1 aliphatic rings. The third-order valence-corrected chi connectivity index (χ3v) is 7.00. The summed E-state index contributed by atoms with van der Waals surface area (Å²) in [6.45, 7) is 0. The molecule has 0 bridgehead atoms. The van der Waals surface area contributed by atoms with E-state index in [9.17, 15) is 9.18 Å². The number of halogens is 2. The van der Waals surface area contributed by atoms with E-state index < -0.39 is 11.5 Å². The first-order chi connectivity index (χ1) is 17.6. The number of hydrogen-bond acceptors (Lipinski definition) is 6. The second-order valence-electron chi connectivity index (χ2n) is 8.36. The van der Waals surface area contributed by atoms with Gasteiger partial charge in [0, 0.05) is 10.0 Å². The number of rotatable bonds is 2. The summed E-state index contributed by atoms with van der Waals surface area (Å²) >= 11 is 3.65. The Kier molecular flexibility index (Phi) is 4.55. The van der Waals surface area contributed by atoms with Crippen molar-refractivity contribution in [2.45, 2.75) is 5.92 Å². The summed E-state index contributed by atoms with van der Waals surface area (Å²) < 4.78 is 27.8. The van der Waals surface area contributed by atoms with Crippen LogP contribution < -0.4 is 10.4 Å². The molecule has 174 valence electrons. The summed E-state index contributed by atoms with van der Waals surface area (Å²) in [6.07, 6.45) is 1.52. The van der Waals surface area contributed by atoms with Crippen LogP contribution in [0.5, 0.6) is 11.6 Å². The highest BCUT2D eigenvalue weighted by Gasteiger charge is 2.38. The van der Waals surface area contributed by atoms with Crippen molar-refractivity contribution in [2.75, 3.05) is 0 Å². The Labute approximate surface area is 211 Å². The SMILES string of the molecule is O=c1oc2ccccc2c2c1C(c1ccccc1Br)c1c(ncn3nc(-c4ccc(F)cc4)nc13)O2. The van der Waals surface area contributed by atoms with Gasteiger partial charge in [-0.15, -0.1) is 5.10 Å². The monoisotopic (exact) mass is 540 g/mol. The van der Waals surface area contributed by atoms with E-state index in [1.807, 2.05) is 36.4 Å². The Morgan fingerprint density at radius 2 is 1.72 bits per heavy atom. The predicted molar refractivity (Wildman–Crippen MR) is 134 cm³/mol. The summed E-state index contributed by atoms with van der Waals surface area (Å²) in [7, 11) is 0. The van der Waals surface area contributed by atoms with E-state index in [1.54, 1.807) is 28.8 Å². The third-order valence-electron chi connectivity index (χ3n) is 6.28. The van der Waals surface area contributed by atoms with Crippen molar-refractivity contribution in [2.24, 2.45) is 0 Å². The minimum atomic E-state index is -0.596. The van der Waals surface area contributed by atoms with Gasteiger partial charge < -0.3 is 9.15 Å². The zero-order valence-electron chi connectivity index (χ0n) is 18.4. The molecule has 0 saturated carbocycles. The van der Waals surface area contributed by atoms with Gasteiger partial charge in [-0.3, -0.25) is 0 Å². The average Bonchev–Trinajstić information content (AvgIpc) is 3.33. The van der Waals surface area contributed by atoms with Crippen LogP contribution in [0, 0.1) is 5.82 Å². The molecule has 0 N–H and O–H groups in total. The molecule has 7 nitrogen and oxygen atoms in total. The maximum atomic E-state index is 13.5. The lowest BCUT2D eigenvalue weighted by molar-refractivity contribution is 0.422. The molecule has 7 rings (SSSR count). The smallest absolute Gasteiger partial charge is 0.344 e. The fraction of sp³-hybridized carbons (Fsp3) is 0.0370. The van der Waals surface area contributed by atoms with Crippen LogP contribution in [0.1, 0.15) is 22.6 Å². The fourth-order valence-electron chi connectivity index (χ4n) is 4.67. The van der Waals surface area contributed by atoms with Gasteiger partial charge in [-0.05, 0) is 48.0 Å². The fourth-order valence-corrected chi connectivity index (χ4v) is 5.18. The molecule has 36 heavy (non-hydrogen) atoms. The number of para-hydroxylation sites is 1. The molecule has 1 aliphatic heterocycles. The van der Waals surface area contributed by atoms with Crippen LogP contribution in [0.25, 0.3) is 28.0 Å². The Balaban J connectivity index is 1.56. The van der Waals surface area contributed by atoms with Crippen LogP contribution in [-0.4, -0.2) is 19.6 Å². The molecule has 6 aromatic rings. The number of ether oxygens (including phenoxy) is 1. The summed E-state index contributed by atoms with van der Waals surface area (Å²) in [5.41, 5.74) is 2.81. The lowest BCUT2D eigenvalue weighted by Crippen LogP contribution is -2.22. The molecule has 0 spiro atoms. The zero-order valence-corrected chi connectivity index (χ0v) is 19.9. The first-order valence-corrected chi connectivity index (χ1v) is 11.9. The Bertz CT molecular complexity index is 1880. The van der Waals surface area contributed by atoms with Crippen molar-refractivity contribution in [3.05, 3.63) is 117 Å². The van der Waals surface area contributed by atoms with Crippen molar-refractivity contribution in [3.63, 3.8) is 0 Å². The van der Waals surface area contributed by atoms with Gasteiger partial charge in [-0.2, -0.15) is 0 Å². The van der Waals surface area contributed by atoms with Crippen LogP contribution in [0.2, 0.25) is 0 Å². The molecule has 4 heterocycles. The Hall–Kier alpha value is -4.37. The number of benzene rings is 3. The quantitative estimate of drug-likeness (QED) is 0.247. The molecular weight excluding hydrogens is 527 g/mol. The Morgan fingerprint density at radius 1 is 0.944 bits per heavy atom. The molecule has 0 aliphatic carbocycles. The molecular formula is C27H14BrFN4O3. The molecule has 0 saturated heterocycles. The lowest BCUT2D eigenvalue weighted by Gasteiger charge is -2.27. The number of aromatic nitrogens is 4. The van der Waals surface area contributed by atoms with Crippen LogP contribution in [0.3, 0.4) is 0 Å². The number of nitrogens with zero attached hydrogens (tertiary/aromatic N) is 4. The topological polar surface area (TPSA) is 82.5 Å². The maximum absolute atomic E-state index is 13.5. The van der Waals surface area contributed by atoms with Crippen molar-refractivity contribution in [3.8, 4) is 23.0 Å². The summed E-state index contributed by atoms with van der Waals surface area (Å²) in [4.78, 5) is 22.7. The van der Waals surface area contributed by atoms with E-state index >= 15 is 0 Å². The second kappa shape index (κ2) is 7.82. The van der Waals surface area contributed by atoms with Gasteiger partial charge in [0.1, 0.15) is 17.7 Å². The van der Waals surface area contributed by atoms with Crippen LogP contribution in [0.15, 0.2) is 92.8 Å². The van der Waals surface area contributed by atoms with E-state index in [0.29, 0.717) is 50.8 Å². The summed E-state index contributed by atoms with van der Waals surface area (Å²) in [5, 5.41) is 5.22. The minimum absolute atomic E-state index is 0.324. The van der Waals surface area contributed by atoms with Crippen LogP contribution in [0.4, 0.5) is 4.39 Å².